The maximum atomic E-state index is 12.0. The summed E-state index contributed by atoms with van der Waals surface area (Å²) in [6.07, 6.45) is 1.74. The first-order valence-electron chi connectivity index (χ1n) is 6.23. The lowest BCUT2D eigenvalue weighted by Gasteiger charge is -2.28. The molecule has 3 heteroatoms. The molecule has 3 nitrogen and oxygen atoms in total. The minimum absolute atomic E-state index is 0.100. The van der Waals surface area contributed by atoms with Crippen molar-refractivity contribution in [3.8, 4) is 5.75 Å². The molecule has 1 aromatic carbocycles. The van der Waals surface area contributed by atoms with Crippen molar-refractivity contribution in [2.45, 2.75) is 32.9 Å². The summed E-state index contributed by atoms with van der Waals surface area (Å²) in [5, 5.41) is 0. The summed E-state index contributed by atoms with van der Waals surface area (Å²) in [7, 11) is 1.65. The van der Waals surface area contributed by atoms with Crippen LogP contribution in [0.15, 0.2) is 30.3 Å². The van der Waals surface area contributed by atoms with Crippen molar-refractivity contribution in [2.75, 3.05) is 7.11 Å². The maximum Gasteiger partial charge on any atom is 0.247 e. The van der Waals surface area contributed by atoms with E-state index in [9.17, 15) is 4.79 Å². The number of nitrogens with zero attached hydrogens (tertiary/aromatic N) is 1. The first-order chi connectivity index (χ1) is 8.54. The molecule has 1 unspecified atom stereocenters. The summed E-state index contributed by atoms with van der Waals surface area (Å²) in [6, 6.07) is 8.19. The highest BCUT2D eigenvalue weighted by atomic mass is 16.5. The number of hydrogen-bond acceptors (Lipinski definition) is 2. The highest BCUT2D eigenvalue weighted by Gasteiger charge is 2.31. The van der Waals surface area contributed by atoms with Gasteiger partial charge in [-0.25, -0.2) is 0 Å². The van der Waals surface area contributed by atoms with Gasteiger partial charge in [-0.15, -0.1) is 0 Å². The molecule has 1 heterocycles. The van der Waals surface area contributed by atoms with E-state index in [0.29, 0.717) is 0 Å². The Hall–Kier alpha value is -1.77. The van der Waals surface area contributed by atoms with Crippen molar-refractivity contribution < 1.29 is 9.53 Å². The third kappa shape index (κ3) is 2.13. The zero-order valence-electron chi connectivity index (χ0n) is 11.3. The van der Waals surface area contributed by atoms with Gasteiger partial charge >= 0.3 is 0 Å². The molecule has 0 aliphatic carbocycles. The van der Waals surface area contributed by atoms with Crippen LogP contribution in [0.2, 0.25) is 0 Å². The number of amides is 1. The summed E-state index contributed by atoms with van der Waals surface area (Å²) < 4.78 is 5.14. The van der Waals surface area contributed by atoms with E-state index in [2.05, 4.69) is 6.92 Å². The molecule has 0 spiro atoms. The van der Waals surface area contributed by atoms with Crippen LogP contribution >= 0.6 is 0 Å². The Morgan fingerprint density at radius 3 is 2.28 bits per heavy atom. The van der Waals surface area contributed by atoms with E-state index in [0.717, 1.165) is 16.9 Å². The molecule has 1 atom stereocenters. The van der Waals surface area contributed by atoms with Crippen molar-refractivity contribution in [2.24, 2.45) is 0 Å². The third-order valence-corrected chi connectivity index (χ3v) is 3.38. The fraction of sp³-hybridized carbons (Fsp3) is 0.400. The third-order valence-electron chi connectivity index (χ3n) is 3.38. The number of carbonyl (C=O) groups is 1. The topological polar surface area (TPSA) is 29.5 Å². The molecule has 2 rings (SSSR count). The van der Waals surface area contributed by atoms with Gasteiger partial charge in [0.2, 0.25) is 5.91 Å². The van der Waals surface area contributed by atoms with E-state index in [1.165, 1.54) is 0 Å². The number of benzene rings is 1. The molecule has 0 saturated carbocycles. The zero-order valence-corrected chi connectivity index (χ0v) is 11.3. The largest absolute Gasteiger partial charge is 0.497 e. The first-order valence-corrected chi connectivity index (χ1v) is 6.23. The molecule has 1 amide bonds. The van der Waals surface area contributed by atoms with E-state index in [4.69, 9.17) is 4.74 Å². The zero-order chi connectivity index (χ0) is 13.3. The standard InChI is InChI=1S/C15H19NO2/c1-10(2)16-11(3)14(9-15(16)17)12-5-7-13(18-4)8-6-12/h5-11H,1-4H3. The van der Waals surface area contributed by atoms with E-state index in [1.807, 2.05) is 43.0 Å². The second-order valence-electron chi connectivity index (χ2n) is 4.84. The molecule has 0 aromatic heterocycles. The van der Waals surface area contributed by atoms with Crippen LogP contribution in [0.1, 0.15) is 26.3 Å². The van der Waals surface area contributed by atoms with Crippen molar-refractivity contribution in [1.82, 2.24) is 4.90 Å². The van der Waals surface area contributed by atoms with Crippen LogP contribution < -0.4 is 4.74 Å². The molecule has 1 aromatic rings. The molecule has 0 fully saturated rings. The number of ether oxygens (including phenoxy) is 1. The van der Waals surface area contributed by atoms with Crippen molar-refractivity contribution >= 4 is 11.5 Å². The van der Waals surface area contributed by atoms with Crippen LogP contribution in [0.5, 0.6) is 5.75 Å². The molecule has 0 N–H and O–H groups in total. The van der Waals surface area contributed by atoms with Gasteiger partial charge in [0, 0.05) is 12.1 Å². The summed E-state index contributed by atoms with van der Waals surface area (Å²) in [6.45, 7) is 6.15. The van der Waals surface area contributed by atoms with Crippen LogP contribution in [0, 0.1) is 0 Å². The van der Waals surface area contributed by atoms with Gasteiger partial charge in [0.15, 0.2) is 0 Å². The summed E-state index contributed by atoms with van der Waals surface area (Å²) in [5.74, 6) is 0.931. The SMILES string of the molecule is COc1ccc(C2=CC(=O)N(C(C)C)C2C)cc1. The Balaban J connectivity index is 2.28. The van der Waals surface area contributed by atoms with Gasteiger partial charge in [-0.05, 0) is 44.0 Å². The highest BCUT2D eigenvalue weighted by Crippen LogP contribution is 2.30. The minimum atomic E-state index is 0.100. The number of methoxy groups -OCH3 is 1. The smallest absolute Gasteiger partial charge is 0.247 e. The Morgan fingerprint density at radius 1 is 1.22 bits per heavy atom. The second-order valence-corrected chi connectivity index (χ2v) is 4.84. The van der Waals surface area contributed by atoms with Crippen molar-refractivity contribution in [1.29, 1.82) is 0 Å². The van der Waals surface area contributed by atoms with Crippen LogP contribution in [0.4, 0.5) is 0 Å². The fourth-order valence-corrected chi connectivity index (χ4v) is 2.48. The van der Waals surface area contributed by atoms with E-state index in [1.54, 1.807) is 13.2 Å². The van der Waals surface area contributed by atoms with Gasteiger partial charge < -0.3 is 9.64 Å². The van der Waals surface area contributed by atoms with Crippen LogP contribution in [-0.2, 0) is 4.79 Å². The molecule has 1 aliphatic rings. The Bertz CT molecular complexity index is 474. The van der Waals surface area contributed by atoms with Gasteiger partial charge in [-0.3, -0.25) is 4.79 Å². The van der Waals surface area contributed by atoms with Gasteiger partial charge in [0.05, 0.1) is 13.2 Å². The van der Waals surface area contributed by atoms with E-state index < -0.39 is 0 Å². The van der Waals surface area contributed by atoms with Crippen molar-refractivity contribution in [3.63, 3.8) is 0 Å². The predicted molar refractivity (Wildman–Crippen MR) is 72.4 cm³/mol. The van der Waals surface area contributed by atoms with Gasteiger partial charge in [-0.2, -0.15) is 0 Å². The minimum Gasteiger partial charge on any atom is -0.497 e. The van der Waals surface area contributed by atoms with E-state index in [-0.39, 0.29) is 18.0 Å². The number of carbonyl (C=O) groups excluding carboxylic acids is 1. The van der Waals surface area contributed by atoms with Gasteiger partial charge in [0.1, 0.15) is 5.75 Å². The first kappa shape index (κ1) is 12.7. The predicted octanol–water partition coefficient (Wildman–Crippen LogP) is 2.72. The lowest BCUT2D eigenvalue weighted by molar-refractivity contribution is -0.127. The molecule has 0 radical (unpaired) electrons. The lowest BCUT2D eigenvalue weighted by atomic mass is 10.0. The van der Waals surface area contributed by atoms with Crippen LogP contribution in [0.25, 0.3) is 5.57 Å². The Morgan fingerprint density at radius 2 is 1.83 bits per heavy atom. The second kappa shape index (κ2) is 4.84. The molecule has 1 aliphatic heterocycles. The molecule has 96 valence electrons. The van der Waals surface area contributed by atoms with Gasteiger partial charge in [-0.1, -0.05) is 12.1 Å². The number of rotatable bonds is 3. The molecule has 0 bridgehead atoms. The molecule has 0 saturated heterocycles. The van der Waals surface area contributed by atoms with Gasteiger partial charge in [0.25, 0.3) is 0 Å². The Labute approximate surface area is 108 Å². The van der Waals surface area contributed by atoms with Crippen LogP contribution in [0.3, 0.4) is 0 Å². The molecule has 18 heavy (non-hydrogen) atoms. The molecular formula is C15H19NO2. The average Bonchev–Trinajstić information content (AvgIpc) is 2.65. The summed E-state index contributed by atoms with van der Waals surface area (Å²) >= 11 is 0. The monoisotopic (exact) mass is 245 g/mol. The lowest BCUT2D eigenvalue weighted by Crippen LogP contribution is -2.38. The fourth-order valence-electron chi connectivity index (χ4n) is 2.48. The molecular weight excluding hydrogens is 226 g/mol. The highest BCUT2D eigenvalue weighted by molar-refractivity contribution is 6.02. The maximum absolute atomic E-state index is 12.0. The normalized spacial score (nSPS) is 19.4. The number of hydrogen-bond donors (Lipinski definition) is 0. The Kier molecular flexibility index (Phi) is 3.41. The van der Waals surface area contributed by atoms with E-state index >= 15 is 0 Å². The summed E-state index contributed by atoms with van der Waals surface area (Å²) in [5.41, 5.74) is 2.16. The summed E-state index contributed by atoms with van der Waals surface area (Å²) in [4.78, 5) is 13.9. The average molecular weight is 245 g/mol. The van der Waals surface area contributed by atoms with Crippen LogP contribution in [-0.4, -0.2) is 30.0 Å². The van der Waals surface area contributed by atoms with Crippen molar-refractivity contribution in [3.05, 3.63) is 35.9 Å². The quantitative estimate of drug-likeness (QED) is 0.819.